The Labute approximate surface area is 373 Å². The van der Waals surface area contributed by atoms with Gasteiger partial charge in [-0.05, 0) is 129 Å². The first kappa shape index (κ1) is 44.9. The Balaban J connectivity index is 0.000000186. The zero-order valence-corrected chi connectivity index (χ0v) is 37.6. The summed E-state index contributed by atoms with van der Waals surface area (Å²) in [5, 5.41) is 11.3. The Bertz CT molecular complexity index is 2370. The van der Waals surface area contributed by atoms with Crippen molar-refractivity contribution >= 4 is 65.0 Å². The third-order valence-corrected chi connectivity index (χ3v) is 11.6. The maximum Gasteiger partial charge on any atom is 0.410 e. The van der Waals surface area contributed by atoms with E-state index in [2.05, 4.69) is 14.8 Å². The minimum absolute atomic E-state index is 0.0825. The third kappa shape index (κ3) is 10.2. The number of fused-ring (bicyclic) bond motifs is 4. The second kappa shape index (κ2) is 18.7. The first-order chi connectivity index (χ1) is 29.5. The molecule has 2 unspecified atom stereocenters. The molecule has 1 N–H and O–H groups in total. The van der Waals surface area contributed by atoms with Crippen molar-refractivity contribution in [3.63, 3.8) is 0 Å². The second-order valence-corrected chi connectivity index (χ2v) is 18.6. The van der Waals surface area contributed by atoms with Gasteiger partial charge in [0.1, 0.15) is 11.2 Å². The lowest BCUT2D eigenvalue weighted by Gasteiger charge is -2.40. The van der Waals surface area contributed by atoms with Gasteiger partial charge in [-0.15, -0.1) is 0 Å². The predicted molar refractivity (Wildman–Crippen MR) is 243 cm³/mol. The van der Waals surface area contributed by atoms with Crippen molar-refractivity contribution in [3.05, 3.63) is 128 Å². The molecule has 2 aromatic carbocycles. The summed E-state index contributed by atoms with van der Waals surface area (Å²) in [4.78, 5) is 54.4. The fraction of sp³-hybridized carbons (Fsp3) is 0.396. The summed E-state index contributed by atoms with van der Waals surface area (Å²) >= 11 is 12.6. The van der Waals surface area contributed by atoms with E-state index in [1.807, 2.05) is 114 Å². The van der Waals surface area contributed by atoms with Crippen LogP contribution < -0.4 is 0 Å². The van der Waals surface area contributed by atoms with Gasteiger partial charge in [0.25, 0.3) is 0 Å². The topological polar surface area (TPSA) is 129 Å². The van der Waals surface area contributed by atoms with Crippen molar-refractivity contribution in [1.82, 2.24) is 29.6 Å². The number of halogens is 2. The highest BCUT2D eigenvalue weighted by Crippen LogP contribution is 2.42. The van der Waals surface area contributed by atoms with Gasteiger partial charge in [0.2, 0.25) is 0 Å². The number of pyridine rings is 2. The van der Waals surface area contributed by atoms with Gasteiger partial charge in [0, 0.05) is 80.4 Å². The number of hydrogen-bond acceptors (Lipinski definition) is 10. The summed E-state index contributed by atoms with van der Waals surface area (Å²) in [6.45, 7) is 16.2. The van der Waals surface area contributed by atoms with Crippen molar-refractivity contribution in [2.45, 2.75) is 64.8 Å². The molecule has 0 bridgehead atoms. The maximum atomic E-state index is 12.5. The number of hydrogen-bond donors (Lipinski definition) is 1. The molecule has 2 amide bonds. The van der Waals surface area contributed by atoms with Crippen LogP contribution in [0.2, 0.25) is 10.0 Å². The number of nitrogens with zero attached hydrogens (tertiary/aromatic N) is 6. The number of carbonyl (C=O) groups excluding carboxylic acids is 3. The summed E-state index contributed by atoms with van der Waals surface area (Å²) in [5.41, 5.74) is 7.93. The van der Waals surface area contributed by atoms with E-state index in [-0.39, 0.29) is 30.9 Å². The number of carbonyl (C=O) groups is 3. The molecule has 8 rings (SSSR count). The molecule has 4 aromatic rings. The standard InChI is InChI=1S/C24H28ClN3O3.C24H26ClN3O3/c2*1-24(2,3)31-23(30)28-11-9-27(10-12-28)22-19-7-6-18(25)14-20(19)17(15-29)13-16-5-4-8-26-21(16)22/h4-8,13-14,22,29H,9-12,15H2,1-3H3;4-8,13-15,22H,9-12H2,1-3H3. The van der Waals surface area contributed by atoms with Gasteiger partial charge in [0.15, 0.2) is 6.29 Å². The lowest BCUT2D eigenvalue weighted by Crippen LogP contribution is -2.51. The number of piperazine rings is 2. The van der Waals surface area contributed by atoms with Crippen molar-refractivity contribution in [3.8, 4) is 0 Å². The lowest BCUT2D eigenvalue weighted by molar-refractivity contribution is -0.103. The molecule has 2 fully saturated rings. The van der Waals surface area contributed by atoms with E-state index >= 15 is 0 Å². The van der Waals surface area contributed by atoms with Crippen LogP contribution in [0.3, 0.4) is 0 Å². The molecule has 4 heterocycles. The summed E-state index contributed by atoms with van der Waals surface area (Å²) < 4.78 is 11.1. The number of rotatable bonds is 4. The fourth-order valence-electron chi connectivity index (χ4n) is 8.37. The largest absolute Gasteiger partial charge is 0.444 e. The minimum atomic E-state index is -0.520. The SMILES string of the molecule is CC(C)(C)OC(=O)N1CCN(C2c3ccc(Cl)cc3C(C=O)=Cc3cccnc32)CC1.CC(C)(C)OC(=O)N1CCN(C2c3ccc(Cl)cc3C(CO)=Cc3cccnc32)CC1. The zero-order chi connectivity index (χ0) is 44.3. The van der Waals surface area contributed by atoms with Gasteiger partial charge in [-0.3, -0.25) is 24.6 Å². The van der Waals surface area contributed by atoms with Crippen molar-refractivity contribution in [2.24, 2.45) is 0 Å². The van der Waals surface area contributed by atoms with Crippen molar-refractivity contribution in [2.75, 3.05) is 59.0 Å². The summed E-state index contributed by atoms with van der Waals surface area (Å²) in [6.07, 6.45) is 7.76. The Morgan fingerprint density at radius 1 is 0.677 bits per heavy atom. The maximum absolute atomic E-state index is 12.5. The summed E-state index contributed by atoms with van der Waals surface area (Å²) in [5.74, 6) is 0. The molecule has 0 saturated carbocycles. The molecule has 2 aromatic heterocycles. The molecule has 2 aliphatic heterocycles. The van der Waals surface area contributed by atoms with Crippen LogP contribution in [0.5, 0.6) is 0 Å². The van der Waals surface area contributed by atoms with E-state index in [1.165, 1.54) is 0 Å². The Morgan fingerprint density at radius 3 is 1.55 bits per heavy atom. The molecule has 2 saturated heterocycles. The van der Waals surface area contributed by atoms with Crippen LogP contribution in [0.25, 0.3) is 23.3 Å². The fourth-order valence-corrected chi connectivity index (χ4v) is 8.72. The molecule has 0 radical (unpaired) electrons. The Kier molecular flexibility index (Phi) is 13.6. The highest BCUT2D eigenvalue weighted by atomic mass is 35.5. The number of aliphatic hydroxyl groups is 1. The van der Waals surface area contributed by atoms with E-state index in [1.54, 1.807) is 22.2 Å². The number of allylic oxidation sites excluding steroid dienone is 1. The monoisotopic (exact) mass is 880 g/mol. The van der Waals surface area contributed by atoms with Crippen LogP contribution >= 0.6 is 23.2 Å². The number of amides is 2. The number of aliphatic hydroxyl groups excluding tert-OH is 1. The van der Waals surface area contributed by atoms with Crippen LogP contribution in [0.15, 0.2) is 73.1 Å². The third-order valence-electron chi connectivity index (χ3n) is 11.1. The number of aromatic nitrogens is 2. The number of benzene rings is 2. The molecule has 0 spiro atoms. The van der Waals surface area contributed by atoms with E-state index in [0.29, 0.717) is 68.0 Å². The highest BCUT2D eigenvalue weighted by molar-refractivity contribution is 6.31. The van der Waals surface area contributed by atoms with E-state index in [9.17, 15) is 19.5 Å². The highest BCUT2D eigenvalue weighted by Gasteiger charge is 2.36. The summed E-state index contributed by atoms with van der Waals surface area (Å²) in [6, 6.07) is 19.0. The van der Waals surface area contributed by atoms with E-state index in [4.69, 9.17) is 37.7 Å². The predicted octanol–water partition coefficient (Wildman–Crippen LogP) is 8.65. The van der Waals surface area contributed by atoms with Gasteiger partial charge >= 0.3 is 12.2 Å². The average molecular weight is 882 g/mol. The summed E-state index contributed by atoms with van der Waals surface area (Å²) in [7, 11) is 0. The van der Waals surface area contributed by atoms with Crippen molar-refractivity contribution < 1.29 is 29.0 Å². The molecule has 2 atom stereocenters. The van der Waals surface area contributed by atoms with E-state index in [0.717, 1.165) is 56.6 Å². The van der Waals surface area contributed by atoms with E-state index < -0.39 is 11.2 Å². The molecule has 326 valence electrons. The quantitative estimate of drug-likeness (QED) is 0.199. The van der Waals surface area contributed by atoms with Crippen LogP contribution in [0.4, 0.5) is 9.59 Å². The van der Waals surface area contributed by atoms with Gasteiger partial charge < -0.3 is 24.4 Å². The minimum Gasteiger partial charge on any atom is -0.444 e. The smallest absolute Gasteiger partial charge is 0.410 e. The molecular formula is C48H54Cl2N6O6. The molecular weight excluding hydrogens is 827 g/mol. The number of ether oxygens (including phenoxy) is 2. The van der Waals surface area contributed by atoms with Crippen LogP contribution in [0, 0.1) is 0 Å². The first-order valence-corrected chi connectivity index (χ1v) is 21.7. The van der Waals surface area contributed by atoms with Crippen molar-refractivity contribution in [1.29, 1.82) is 0 Å². The average Bonchev–Trinajstić information content (AvgIpc) is 3.46. The molecule has 4 aliphatic rings. The molecule has 12 nitrogen and oxygen atoms in total. The van der Waals surface area contributed by atoms with Crippen LogP contribution in [-0.2, 0) is 14.3 Å². The Hall–Kier alpha value is -5.11. The molecule has 2 aliphatic carbocycles. The van der Waals surface area contributed by atoms with Gasteiger partial charge in [-0.1, -0.05) is 47.5 Å². The molecule has 14 heteroatoms. The van der Waals surface area contributed by atoms with Crippen LogP contribution in [0.1, 0.15) is 98.4 Å². The second-order valence-electron chi connectivity index (χ2n) is 17.8. The van der Waals surface area contributed by atoms with Gasteiger partial charge in [0.05, 0.1) is 30.1 Å². The zero-order valence-electron chi connectivity index (χ0n) is 36.1. The Morgan fingerprint density at radius 2 is 1.11 bits per heavy atom. The normalized spacial score (nSPS) is 19.1. The van der Waals surface area contributed by atoms with Crippen LogP contribution in [-0.4, -0.2) is 123 Å². The first-order valence-electron chi connectivity index (χ1n) is 21.0. The van der Waals surface area contributed by atoms with Gasteiger partial charge in [-0.2, -0.15) is 0 Å². The lowest BCUT2D eigenvalue weighted by atomic mass is 9.94. The number of aldehydes is 1. The van der Waals surface area contributed by atoms with Gasteiger partial charge in [-0.25, -0.2) is 9.59 Å². The molecule has 62 heavy (non-hydrogen) atoms.